The van der Waals surface area contributed by atoms with Gasteiger partial charge in [-0.1, -0.05) is 27.7 Å². The number of rotatable bonds is 3. The van der Waals surface area contributed by atoms with E-state index < -0.39 is 34.8 Å². The Morgan fingerprint density at radius 2 is 1.21 bits per heavy atom. The number of aldehydes is 1. The molecular formula is C39H62O8. The predicted octanol–water partition coefficient (Wildman–Crippen LogP) is 5.56. The quantitative estimate of drug-likeness (QED) is 0.247. The van der Waals surface area contributed by atoms with Crippen LogP contribution >= 0.6 is 0 Å². The number of carbonyl (C=O) groups excluding carboxylic acids is 2. The molecule has 7 aliphatic carbocycles. The summed E-state index contributed by atoms with van der Waals surface area (Å²) in [7, 11) is 0. The van der Waals surface area contributed by atoms with Gasteiger partial charge >= 0.3 is 5.97 Å². The second kappa shape index (κ2) is 11.6. The Kier molecular flexibility index (Phi) is 8.75. The van der Waals surface area contributed by atoms with Gasteiger partial charge in [-0.15, -0.1) is 0 Å². The van der Waals surface area contributed by atoms with Crippen molar-refractivity contribution in [2.75, 3.05) is 0 Å². The number of hydrogen-bond donors (Lipinski definition) is 5. The van der Waals surface area contributed by atoms with Gasteiger partial charge in [-0.2, -0.15) is 0 Å². The van der Waals surface area contributed by atoms with Crippen LogP contribution in [0.1, 0.15) is 131 Å². The summed E-state index contributed by atoms with van der Waals surface area (Å²) >= 11 is 0. The summed E-state index contributed by atoms with van der Waals surface area (Å²) in [6.45, 7) is 12.6. The van der Waals surface area contributed by atoms with E-state index in [4.69, 9.17) is 0 Å². The maximum absolute atomic E-state index is 12.0. The van der Waals surface area contributed by atoms with E-state index in [0.717, 1.165) is 83.3 Å². The van der Waals surface area contributed by atoms with Gasteiger partial charge in [0.2, 0.25) is 0 Å². The number of aliphatic carboxylic acids is 1. The van der Waals surface area contributed by atoms with Crippen LogP contribution in [0.4, 0.5) is 0 Å². The Morgan fingerprint density at radius 1 is 0.723 bits per heavy atom. The van der Waals surface area contributed by atoms with Crippen molar-refractivity contribution in [1.29, 1.82) is 0 Å². The van der Waals surface area contributed by atoms with E-state index in [1.165, 1.54) is 0 Å². The molecule has 7 aliphatic rings. The van der Waals surface area contributed by atoms with Crippen molar-refractivity contribution >= 4 is 18.0 Å². The molecule has 7 fully saturated rings. The monoisotopic (exact) mass is 658 g/mol. The number of aliphatic hydroxyl groups is 4. The van der Waals surface area contributed by atoms with E-state index in [0.29, 0.717) is 36.0 Å². The third-order valence-corrected chi connectivity index (χ3v) is 17.4. The smallest absolute Gasteiger partial charge is 0.303 e. The third-order valence-electron chi connectivity index (χ3n) is 17.4. The van der Waals surface area contributed by atoms with Crippen LogP contribution in [-0.4, -0.2) is 67.0 Å². The topological polar surface area (TPSA) is 152 Å². The first-order valence-electron chi connectivity index (χ1n) is 18.8. The lowest BCUT2D eigenvalue weighted by atomic mass is 9.43. The minimum Gasteiger partial charge on any atom is -0.481 e. The number of aliphatic hydroxyl groups excluding tert-OH is 2. The second-order valence-corrected chi connectivity index (χ2v) is 18.8. The largest absolute Gasteiger partial charge is 0.481 e. The van der Waals surface area contributed by atoms with Crippen LogP contribution in [0.5, 0.6) is 0 Å². The van der Waals surface area contributed by atoms with Gasteiger partial charge in [0.25, 0.3) is 0 Å². The molecule has 266 valence electrons. The van der Waals surface area contributed by atoms with Crippen molar-refractivity contribution in [2.45, 2.75) is 155 Å². The van der Waals surface area contributed by atoms with Crippen LogP contribution in [0.25, 0.3) is 0 Å². The molecule has 5 N–H and O–H groups in total. The lowest BCUT2D eigenvalue weighted by Crippen LogP contribution is -2.63. The molecule has 0 spiro atoms. The lowest BCUT2D eigenvalue weighted by Gasteiger charge is -2.62. The van der Waals surface area contributed by atoms with Crippen molar-refractivity contribution in [2.24, 2.45) is 69.0 Å². The maximum atomic E-state index is 12.0. The molecule has 0 amide bonds. The standard InChI is InChI=1S/C20H32O4.C19H30O4/c1-18-8-6-14-12(13(18)7-9-19(18,2)24)5-4-11-10-15(21)16(22)17(23)20(11,14)3;1-17(11-20)12(10-16(21)22)4-5-13-14(17)6-8-18(2)15(13)7-9-19(18,3)23/h11-14,16-17,22-24H,4-10H2,1-3H3;11-15,23H,4-10H2,1-3H3,(H,21,22)/t11-,12?,13?,14?,16-,17-,18-,19-,20-;12-,13?,14?,15?,17-,18-,19-/m00/s1. The number of carbonyl (C=O) groups is 3. The van der Waals surface area contributed by atoms with E-state index in [1.54, 1.807) is 0 Å². The molecule has 0 aromatic rings. The number of Topliss-reactive ketones (excluding diaryl/α,β-unsaturated/α-hetero) is 1. The summed E-state index contributed by atoms with van der Waals surface area (Å²) in [6, 6.07) is 0. The van der Waals surface area contributed by atoms with Crippen LogP contribution in [-0.2, 0) is 14.4 Å². The fraction of sp³-hybridized carbons (Fsp3) is 0.923. The first-order valence-corrected chi connectivity index (χ1v) is 18.8. The van der Waals surface area contributed by atoms with Gasteiger partial charge in [-0.3, -0.25) is 9.59 Å². The molecule has 0 aliphatic heterocycles. The molecule has 7 rings (SSSR count). The van der Waals surface area contributed by atoms with E-state index >= 15 is 0 Å². The van der Waals surface area contributed by atoms with Crippen LogP contribution in [0.15, 0.2) is 0 Å². The molecule has 7 saturated carbocycles. The Labute approximate surface area is 281 Å². The van der Waals surface area contributed by atoms with Crippen LogP contribution in [0, 0.1) is 69.0 Å². The normalized spacial score (nSPS) is 56.5. The van der Waals surface area contributed by atoms with E-state index in [1.807, 2.05) is 20.8 Å². The summed E-state index contributed by atoms with van der Waals surface area (Å²) in [6.07, 6.45) is 10.9. The zero-order chi connectivity index (χ0) is 34.5. The Morgan fingerprint density at radius 3 is 1.74 bits per heavy atom. The van der Waals surface area contributed by atoms with Crippen molar-refractivity contribution in [3.8, 4) is 0 Å². The lowest BCUT2D eigenvalue weighted by molar-refractivity contribution is -0.203. The second-order valence-electron chi connectivity index (χ2n) is 18.8. The van der Waals surface area contributed by atoms with Gasteiger partial charge in [0.15, 0.2) is 5.78 Å². The van der Waals surface area contributed by atoms with Crippen molar-refractivity contribution in [3.05, 3.63) is 0 Å². The fourth-order valence-electron chi connectivity index (χ4n) is 13.8. The minimum absolute atomic E-state index is 0.0363. The highest BCUT2D eigenvalue weighted by Crippen LogP contribution is 2.69. The summed E-state index contributed by atoms with van der Waals surface area (Å²) in [5.74, 6) is 1.66. The Balaban J connectivity index is 0.000000165. The molecule has 8 nitrogen and oxygen atoms in total. The molecule has 0 bridgehead atoms. The van der Waals surface area contributed by atoms with Crippen LogP contribution < -0.4 is 0 Å². The fourth-order valence-corrected chi connectivity index (χ4v) is 13.8. The number of ketones is 1. The van der Waals surface area contributed by atoms with E-state index in [-0.39, 0.29) is 46.2 Å². The van der Waals surface area contributed by atoms with Crippen molar-refractivity contribution in [3.63, 3.8) is 0 Å². The van der Waals surface area contributed by atoms with Gasteiger partial charge in [0, 0.05) is 23.7 Å². The first-order chi connectivity index (χ1) is 21.8. The summed E-state index contributed by atoms with van der Waals surface area (Å²) in [5, 5.41) is 52.0. The van der Waals surface area contributed by atoms with Crippen molar-refractivity contribution < 1.29 is 39.9 Å². The number of carboxylic acid groups (broad SMARTS) is 1. The van der Waals surface area contributed by atoms with Crippen LogP contribution in [0.3, 0.4) is 0 Å². The molecule has 0 aromatic heterocycles. The van der Waals surface area contributed by atoms with Gasteiger partial charge in [0.05, 0.1) is 17.3 Å². The third kappa shape index (κ3) is 4.98. The zero-order valence-corrected chi connectivity index (χ0v) is 29.7. The van der Waals surface area contributed by atoms with E-state index in [2.05, 4.69) is 20.8 Å². The molecule has 0 heterocycles. The summed E-state index contributed by atoms with van der Waals surface area (Å²) < 4.78 is 0. The molecule has 16 atom stereocenters. The average molecular weight is 659 g/mol. The minimum atomic E-state index is -1.22. The van der Waals surface area contributed by atoms with Gasteiger partial charge < -0.3 is 30.3 Å². The molecular weight excluding hydrogens is 596 g/mol. The zero-order valence-electron chi connectivity index (χ0n) is 29.7. The van der Waals surface area contributed by atoms with Gasteiger partial charge in [-0.05, 0) is 149 Å². The summed E-state index contributed by atoms with van der Waals surface area (Å²) in [4.78, 5) is 35.2. The highest BCUT2D eigenvalue weighted by Gasteiger charge is 2.66. The highest BCUT2D eigenvalue weighted by molar-refractivity contribution is 5.85. The Bertz CT molecular complexity index is 1260. The maximum Gasteiger partial charge on any atom is 0.303 e. The number of fused-ring (bicyclic) bond motifs is 8. The summed E-state index contributed by atoms with van der Waals surface area (Å²) in [5.41, 5.74) is -2.20. The van der Waals surface area contributed by atoms with Crippen LogP contribution in [0.2, 0.25) is 0 Å². The highest BCUT2D eigenvalue weighted by atomic mass is 16.4. The molecule has 8 heteroatoms. The number of hydrogen-bond acceptors (Lipinski definition) is 7. The van der Waals surface area contributed by atoms with Gasteiger partial charge in [-0.25, -0.2) is 0 Å². The first kappa shape index (κ1) is 35.5. The molecule has 47 heavy (non-hydrogen) atoms. The average Bonchev–Trinajstić information content (AvgIpc) is 3.41. The van der Waals surface area contributed by atoms with Crippen molar-refractivity contribution in [1.82, 2.24) is 0 Å². The molecule has 6 unspecified atom stereocenters. The SMILES string of the molecule is C[C@@]12C3CC[C@@]4(C)C(CC[C@]4(C)O)C3CC[C@H]1CC(=O)[C@H](O)[C@@H]2O.C[C@]1(O)CCC2C3CC[C@@H](CC(=O)O)[C@](C)(C=O)C3CC[C@@]21C. The molecule has 0 aromatic carbocycles. The number of carboxylic acids is 1. The Hall–Kier alpha value is -1.35. The van der Waals surface area contributed by atoms with Gasteiger partial charge in [0.1, 0.15) is 12.4 Å². The molecule has 0 saturated heterocycles. The van der Waals surface area contributed by atoms with E-state index in [9.17, 15) is 39.9 Å². The predicted molar refractivity (Wildman–Crippen MR) is 177 cm³/mol. The molecule has 0 radical (unpaired) electrons.